The molecule has 0 saturated carbocycles. The van der Waals surface area contributed by atoms with Gasteiger partial charge < -0.3 is 13.9 Å². The van der Waals surface area contributed by atoms with Crippen molar-refractivity contribution in [3.05, 3.63) is 23.2 Å². The molecule has 0 spiro atoms. The number of methoxy groups -OCH3 is 2. The van der Waals surface area contributed by atoms with Gasteiger partial charge in [0, 0.05) is 0 Å². The van der Waals surface area contributed by atoms with Crippen LogP contribution in [-0.2, 0) is 20.8 Å². The summed E-state index contributed by atoms with van der Waals surface area (Å²) in [6.45, 7) is 3.02. The predicted octanol–water partition coefficient (Wildman–Crippen LogP) is 1.90. The van der Waals surface area contributed by atoms with E-state index >= 15 is 0 Å². The molecule has 6 heteroatoms. The molecule has 6 nitrogen and oxygen atoms in total. The van der Waals surface area contributed by atoms with Crippen LogP contribution >= 0.6 is 0 Å². The lowest BCUT2D eigenvalue weighted by molar-refractivity contribution is -0.148. The molecule has 0 amide bonds. The highest BCUT2D eigenvalue weighted by atomic mass is 16.5. The summed E-state index contributed by atoms with van der Waals surface area (Å²) in [6.07, 6.45) is 2.84. The molecule has 2 heterocycles. The minimum Gasteiger partial charge on any atom is -0.468 e. The molecule has 1 aliphatic rings. The Morgan fingerprint density at radius 3 is 2.76 bits per heavy atom. The Kier molecular flexibility index (Phi) is 5.01. The van der Waals surface area contributed by atoms with Gasteiger partial charge in [0.2, 0.25) is 0 Å². The topological polar surface area (TPSA) is 69.0 Å². The molecule has 0 aromatic carbocycles. The maximum absolute atomic E-state index is 11.8. The second-order valence-corrected chi connectivity index (χ2v) is 5.18. The molecule has 1 aromatic rings. The van der Waals surface area contributed by atoms with Crippen LogP contribution in [0.25, 0.3) is 0 Å². The van der Waals surface area contributed by atoms with Crippen LogP contribution in [0.2, 0.25) is 0 Å². The van der Waals surface area contributed by atoms with Crippen LogP contribution in [0, 0.1) is 6.92 Å². The van der Waals surface area contributed by atoms with Gasteiger partial charge in [-0.3, -0.25) is 9.69 Å². The smallest absolute Gasteiger partial charge is 0.341 e. The molecule has 2 rings (SSSR count). The molecule has 1 aromatic heterocycles. The first-order valence-corrected chi connectivity index (χ1v) is 7.06. The van der Waals surface area contributed by atoms with E-state index in [0.717, 1.165) is 25.8 Å². The van der Waals surface area contributed by atoms with Crippen molar-refractivity contribution in [2.24, 2.45) is 0 Å². The van der Waals surface area contributed by atoms with E-state index in [0.29, 0.717) is 23.6 Å². The maximum Gasteiger partial charge on any atom is 0.341 e. The number of ether oxygens (including phenoxy) is 2. The van der Waals surface area contributed by atoms with Gasteiger partial charge in [0.15, 0.2) is 0 Å². The number of rotatable bonds is 4. The van der Waals surface area contributed by atoms with Crippen molar-refractivity contribution in [3.63, 3.8) is 0 Å². The summed E-state index contributed by atoms with van der Waals surface area (Å²) in [4.78, 5) is 25.5. The number of furan rings is 1. The van der Waals surface area contributed by atoms with Gasteiger partial charge in [0.05, 0.1) is 20.8 Å². The lowest BCUT2D eigenvalue weighted by Gasteiger charge is -2.32. The monoisotopic (exact) mass is 295 g/mol. The fourth-order valence-electron chi connectivity index (χ4n) is 2.72. The van der Waals surface area contributed by atoms with Gasteiger partial charge in [-0.1, -0.05) is 6.42 Å². The Morgan fingerprint density at radius 1 is 1.33 bits per heavy atom. The minimum atomic E-state index is -0.411. The molecule has 0 radical (unpaired) electrons. The van der Waals surface area contributed by atoms with E-state index in [4.69, 9.17) is 13.9 Å². The molecule has 116 valence electrons. The summed E-state index contributed by atoms with van der Waals surface area (Å²) in [5.74, 6) is 0.559. The van der Waals surface area contributed by atoms with E-state index in [-0.39, 0.29) is 12.0 Å². The summed E-state index contributed by atoms with van der Waals surface area (Å²) in [7, 11) is 2.74. The molecular formula is C15H21NO5. The van der Waals surface area contributed by atoms with Crippen LogP contribution in [0.15, 0.2) is 10.5 Å². The zero-order chi connectivity index (χ0) is 15.4. The van der Waals surface area contributed by atoms with E-state index in [1.54, 1.807) is 13.0 Å². The molecule has 0 N–H and O–H groups in total. The lowest BCUT2D eigenvalue weighted by Crippen LogP contribution is -2.44. The highest BCUT2D eigenvalue weighted by molar-refractivity contribution is 5.90. The normalized spacial score (nSPS) is 19.3. The number of carbonyl (C=O) groups excluding carboxylic acids is 2. The molecular weight excluding hydrogens is 274 g/mol. The van der Waals surface area contributed by atoms with Gasteiger partial charge in [0.1, 0.15) is 23.1 Å². The fraction of sp³-hybridized carbons (Fsp3) is 0.600. The van der Waals surface area contributed by atoms with Crippen LogP contribution in [0.5, 0.6) is 0 Å². The van der Waals surface area contributed by atoms with Crippen molar-refractivity contribution in [2.45, 2.75) is 38.8 Å². The third-order valence-electron chi connectivity index (χ3n) is 3.82. The van der Waals surface area contributed by atoms with Crippen molar-refractivity contribution < 1.29 is 23.5 Å². The summed E-state index contributed by atoms with van der Waals surface area (Å²) in [5, 5.41) is 0. The van der Waals surface area contributed by atoms with Crippen LogP contribution in [-0.4, -0.2) is 43.6 Å². The van der Waals surface area contributed by atoms with Crippen molar-refractivity contribution in [1.82, 2.24) is 4.90 Å². The van der Waals surface area contributed by atoms with Crippen molar-refractivity contribution in [1.29, 1.82) is 0 Å². The van der Waals surface area contributed by atoms with Gasteiger partial charge in [0.25, 0.3) is 0 Å². The zero-order valence-corrected chi connectivity index (χ0v) is 12.7. The van der Waals surface area contributed by atoms with Crippen LogP contribution in [0.1, 0.15) is 41.1 Å². The summed E-state index contributed by atoms with van der Waals surface area (Å²) >= 11 is 0. The van der Waals surface area contributed by atoms with E-state index in [9.17, 15) is 9.59 Å². The molecule has 1 aliphatic heterocycles. The van der Waals surface area contributed by atoms with Crippen molar-refractivity contribution in [3.8, 4) is 0 Å². The van der Waals surface area contributed by atoms with Gasteiger partial charge >= 0.3 is 11.9 Å². The highest BCUT2D eigenvalue weighted by Crippen LogP contribution is 2.23. The largest absolute Gasteiger partial charge is 0.468 e. The second-order valence-electron chi connectivity index (χ2n) is 5.18. The van der Waals surface area contributed by atoms with Gasteiger partial charge in [-0.25, -0.2) is 4.79 Å². The standard InChI is InChI=1S/C15H21NO5/c1-10-12(14(17)19-2)8-11(21-10)9-16-7-5-4-6-13(16)15(18)20-3/h8,13H,4-7,9H2,1-3H3/t13-/m1/s1. The zero-order valence-electron chi connectivity index (χ0n) is 12.7. The minimum absolute atomic E-state index is 0.217. The Bertz CT molecular complexity index is 522. The summed E-state index contributed by atoms with van der Waals surface area (Å²) in [6, 6.07) is 1.44. The van der Waals surface area contributed by atoms with E-state index < -0.39 is 5.97 Å². The first-order valence-electron chi connectivity index (χ1n) is 7.06. The Labute approximate surface area is 124 Å². The quantitative estimate of drug-likeness (QED) is 0.790. The molecule has 0 aliphatic carbocycles. The van der Waals surface area contributed by atoms with E-state index in [2.05, 4.69) is 0 Å². The average molecular weight is 295 g/mol. The van der Waals surface area contributed by atoms with Crippen LogP contribution in [0.3, 0.4) is 0 Å². The first-order chi connectivity index (χ1) is 10.1. The number of likely N-dealkylation sites (tertiary alicyclic amines) is 1. The average Bonchev–Trinajstić information content (AvgIpc) is 2.86. The second kappa shape index (κ2) is 6.76. The number of hydrogen-bond acceptors (Lipinski definition) is 6. The Balaban J connectivity index is 2.12. The molecule has 0 bridgehead atoms. The van der Waals surface area contributed by atoms with Gasteiger partial charge in [-0.2, -0.15) is 0 Å². The number of nitrogens with zero attached hydrogens (tertiary/aromatic N) is 1. The third-order valence-corrected chi connectivity index (χ3v) is 3.82. The fourth-order valence-corrected chi connectivity index (χ4v) is 2.72. The predicted molar refractivity (Wildman–Crippen MR) is 74.8 cm³/mol. The van der Waals surface area contributed by atoms with Crippen LogP contribution in [0.4, 0.5) is 0 Å². The number of carbonyl (C=O) groups is 2. The molecule has 1 saturated heterocycles. The highest BCUT2D eigenvalue weighted by Gasteiger charge is 2.30. The molecule has 1 atom stereocenters. The van der Waals surface area contributed by atoms with E-state index in [1.807, 2.05) is 4.90 Å². The molecule has 0 unspecified atom stereocenters. The van der Waals surface area contributed by atoms with Gasteiger partial charge in [-0.15, -0.1) is 0 Å². The van der Waals surface area contributed by atoms with Gasteiger partial charge in [-0.05, 0) is 32.4 Å². The number of aryl methyl sites for hydroxylation is 1. The van der Waals surface area contributed by atoms with Crippen LogP contribution < -0.4 is 0 Å². The lowest BCUT2D eigenvalue weighted by atomic mass is 10.0. The van der Waals surface area contributed by atoms with E-state index in [1.165, 1.54) is 14.2 Å². The summed E-state index contributed by atoms with van der Waals surface area (Å²) in [5.41, 5.74) is 0.430. The van der Waals surface area contributed by atoms with Crippen molar-refractivity contribution >= 4 is 11.9 Å². The Hall–Kier alpha value is -1.82. The molecule has 1 fully saturated rings. The number of hydrogen-bond donors (Lipinski definition) is 0. The van der Waals surface area contributed by atoms with Crippen molar-refractivity contribution in [2.75, 3.05) is 20.8 Å². The molecule has 21 heavy (non-hydrogen) atoms. The number of piperidine rings is 1. The third kappa shape index (κ3) is 3.44. The SMILES string of the molecule is COC(=O)c1cc(CN2CCCC[C@@H]2C(=O)OC)oc1C. The first kappa shape index (κ1) is 15.6. The summed E-state index contributed by atoms with van der Waals surface area (Å²) < 4.78 is 15.2. The maximum atomic E-state index is 11.8. The Morgan fingerprint density at radius 2 is 2.10 bits per heavy atom. The number of esters is 2.